The van der Waals surface area contributed by atoms with E-state index in [1.165, 1.54) is 24.6 Å². The van der Waals surface area contributed by atoms with Gasteiger partial charge in [-0.3, -0.25) is 10.2 Å². The molecule has 0 atom stereocenters. The SMILES string of the molecule is O=C(/C=C/c1cc(Br)ccc1F)NN1CCCCC1. The summed E-state index contributed by atoms with van der Waals surface area (Å²) < 4.78 is 14.2. The first kappa shape index (κ1) is 14.2. The fourth-order valence-corrected chi connectivity index (χ4v) is 2.39. The third-order valence-electron chi connectivity index (χ3n) is 3.00. The Morgan fingerprint density at radius 3 is 2.79 bits per heavy atom. The standard InChI is InChI=1S/C14H16BrFN2O/c15-12-5-6-13(16)11(10-12)4-7-14(19)17-18-8-2-1-3-9-18/h4-7,10H,1-3,8-9H2,(H,17,19)/b7-4+. The predicted molar refractivity (Wildman–Crippen MR) is 76.7 cm³/mol. The number of carbonyl (C=O) groups excluding carboxylic acids is 1. The Kier molecular flexibility index (Phi) is 5.10. The second-order valence-electron chi connectivity index (χ2n) is 4.52. The van der Waals surface area contributed by atoms with Gasteiger partial charge in [0.2, 0.25) is 0 Å². The number of hydrogen-bond donors (Lipinski definition) is 1. The summed E-state index contributed by atoms with van der Waals surface area (Å²) in [6.07, 6.45) is 6.26. The molecule has 1 aliphatic rings. The number of nitrogens with zero attached hydrogens (tertiary/aromatic N) is 1. The van der Waals surface area contributed by atoms with Crippen LogP contribution in [0.25, 0.3) is 6.08 Å². The van der Waals surface area contributed by atoms with Gasteiger partial charge >= 0.3 is 0 Å². The number of rotatable bonds is 3. The van der Waals surface area contributed by atoms with E-state index >= 15 is 0 Å². The number of hydrogen-bond acceptors (Lipinski definition) is 2. The Labute approximate surface area is 120 Å². The third kappa shape index (κ3) is 4.44. The van der Waals surface area contributed by atoms with Crippen molar-refractivity contribution in [1.82, 2.24) is 10.4 Å². The number of benzene rings is 1. The number of amides is 1. The maximum absolute atomic E-state index is 13.5. The summed E-state index contributed by atoms with van der Waals surface area (Å²) in [6.45, 7) is 1.76. The summed E-state index contributed by atoms with van der Waals surface area (Å²) in [6, 6.07) is 4.63. The molecular weight excluding hydrogens is 311 g/mol. The van der Waals surface area contributed by atoms with E-state index in [1.54, 1.807) is 12.1 Å². The van der Waals surface area contributed by atoms with Crippen LogP contribution in [0.2, 0.25) is 0 Å². The summed E-state index contributed by atoms with van der Waals surface area (Å²) in [5, 5.41) is 1.91. The van der Waals surface area contributed by atoms with Crippen LogP contribution in [-0.2, 0) is 4.79 Å². The minimum Gasteiger partial charge on any atom is -0.285 e. The average Bonchev–Trinajstić information content (AvgIpc) is 2.41. The van der Waals surface area contributed by atoms with Crippen LogP contribution in [-0.4, -0.2) is 24.0 Å². The van der Waals surface area contributed by atoms with Crippen LogP contribution >= 0.6 is 15.9 Å². The molecule has 0 radical (unpaired) electrons. The second kappa shape index (κ2) is 6.82. The van der Waals surface area contributed by atoms with Crippen molar-refractivity contribution in [3.63, 3.8) is 0 Å². The lowest BCUT2D eigenvalue weighted by molar-refractivity contribution is -0.121. The van der Waals surface area contributed by atoms with Crippen LogP contribution < -0.4 is 5.43 Å². The lowest BCUT2D eigenvalue weighted by atomic mass is 10.2. The van der Waals surface area contributed by atoms with Gasteiger partial charge in [0.15, 0.2) is 0 Å². The number of nitrogens with one attached hydrogen (secondary N) is 1. The first-order valence-corrected chi connectivity index (χ1v) is 7.13. The maximum Gasteiger partial charge on any atom is 0.258 e. The molecule has 0 saturated carbocycles. The van der Waals surface area contributed by atoms with Gasteiger partial charge in [-0.15, -0.1) is 0 Å². The molecular formula is C14H16BrFN2O. The molecule has 1 aromatic rings. The molecule has 2 rings (SSSR count). The summed E-state index contributed by atoms with van der Waals surface area (Å²) in [7, 11) is 0. The molecule has 102 valence electrons. The summed E-state index contributed by atoms with van der Waals surface area (Å²) >= 11 is 3.27. The molecule has 1 aliphatic heterocycles. The van der Waals surface area contributed by atoms with E-state index in [1.807, 2.05) is 5.01 Å². The molecule has 1 heterocycles. The second-order valence-corrected chi connectivity index (χ2v) is 5.44. The van der Waals surface area contributed by atoms with Gasteiger partial charge in [-0.05, 0) is 37.1 Å². The molecule has 19 heavy (non-hydrogen) atoms. The summed E-state index contributed by atoms with van der Waals surface area (Å²) in [5.41, 5.74) is 3.19. The zero-order valence-electron chi connectivity index (χ0n) is 10.5. The van der Waals surface area contributed by atoms with Gasteiger partial charge in [0.05, 0.1) is 0 Å². The van der Waals surface area contributed by atoms with Crippen LogP contribution in [0.4, 0.5) is 4.39 Å². The Morgan fingerprint density at radius 2 is 2.05 bits per heavy atom. The van der Waals surface area contributed by atoms with Gasteiger partial charge in [0.1, 0.15) is 5.82 Å². The normalized spacial score (nSPS) is 16.7. The van der Waals surface area contributed by atoms with Gasteiger partial charge in [-0.25, -0.2) is 9.40 Å². The van der Waals surface area contributed by atoms with Gasteiger partial charge in [0.25, 0.3) is 5.91 Å². The van der Waals surface area contributed by atoms with E-state index in [4.69, 9.17) is 0 Å². The number of halogens is 2. The molecule has 0 bridgehead atoms. The lowest BCUT2D eigenvalue weighted by Gasteiger charge is -2.26. The van der Waals surface area contributed by atoms with E-state index < -0.39 is 0 Å². The highest BCUT2D eigenvalue weighted by Crippen LogP contribution is 2.16. The number of piperidine rings is 1. The van der Waals surface area contributed by atoms with Crippen molar-refractivity contribution in [2.45, 2.75) is 19.3 Å². The molecule has 0 aromatic heterocycles. The zero-order valence-corrected chi connectivity index (χ0v) is 12.1. The first-order valence-electron chi connectivity index (χ1n) is 6.34. The number of carbonyl (C=O) groups is 1. The smallest absolute Gasteiger partial charge is 0.258 e. The van der Waals surface area contributed by atoms with Crippen LogP contribution in [0.15, 0.2) is 28.7 Å². The average molecular weight is 327 g/mol. The fourth-order valence-electron chi connectivity index (χ4n) is 2.01. The molecule has 1 fully saturated rings. The molecule has 3 nitrogen and oxygen atoms in total. The monoisotopic (exact) mass is 326 g/mol. The van der Waals surface area contributed by atoms with E-state index in [0.29, 0.717) is 5.56 Å². The van der Waals surface area contributed by atoms with E-state index in [2.05, 4.69) is 21.4 Å². The van der Waals surface area contributed by atoms with Crippen molar-refractivity contribution in [3.8, 4) is 0 Å². The Morgan fingerprint density at radius 1 is 1.32 bits per heavy atom. The van der Waals surface area contributed by atoms with Crippen molar-refractivity contribution < 1.29 is 9.18 Å². The Bertz CT molecular complexity index is 484. The van der Waals surface area contributed by atoms with Crippen molar-refractivity contribution in [3.05, 3.63) is 40.1 Å². The highest BCUT2D eigenvalue weighted by atomic mass is 79.9. The molecule has 1 amide bonds. The molecule has 0 unspecified atom stereocenters. The van der Waals surface area contributed by atoms with Crippen LogP contribution in [0, 0.1) is 5.82 Å². The molecule has 0 spiro atoms. The quantitative estimate of drug-likeness (QED) is 0.865. The molecule has 1 saturated heterocycles. The van der Waals surface area contributed by atoms with Crippen LogP contribution in [0.5, 0.6) is 0 Å². The minimum atomic E-state index is -0.342. The van der Waals surface area contributed by atoms with Crippen molar-refractivity contribution in [2.24, 2.45) is 0 Å². The van der Waals surface area contributed by atoms with E-state index in [9.17, 15) is 9.18 Å². The van der Waals surface area contributed by atoms with Crippen LogP contribution in [0.1, 0.15) is 24.8 Å². The Balaban J connectivity index is 1.93. The van der Waals surface area contributed by atoms with Gasteiger partial charge in [-0.1, -0.05) is 22.4 Å². The molecule has 1 aromatic carbocycles. The highest BCUT2D eigenvalue weighted by Gasteiger charge is 2.11. The predicted octanol–water partition coefficient (Wildman–Crippen LogP) is 3.12. The Hall–Kier alpha value is -1.20. The van der Waals surface area contributed by atoms with Crippen molar-refractivity contribution in [2.75, 3.05) is 13.1 Å². The molecule has 1 N–H and O–H groups in total. The third-order valence-corrected chi connectivity index (χ3v) is 3.49. The van der Waals surface area contributed by atoms with Crippen LogP contribution in [0.3, 0.4) is 0 Å². The topological polar surface area (TPSA) is 32.3 Å². The van der Waals surface area contributed by atoms with Gasteiger partial charge < -0.3 is 0 Å². The van der Waals surface area contributed by atoms with E-state index in [-0.39, 0.29) is 11.7 Å². The summed E-state index contributed by atoms with van der Waals surface area (Å²) in [4.78, 5) is 11.7. The largest absolute Gasteiger partial charge is 0.285 e. The molecule has 5 heteroatoms. The first-order chi connectivity index (χ1) is 9.15. The minimum absolute atomic E-state index is 0.221. The highest BCUT2D eigenvalue weighted by molar-refractivity contribution is 9.10. The van der Waals surface area contributed by atoms with Gasteiger partial charge in [-0.2, -0.15) is 0 Å². The zero-order chi connectivity index (χ0) is 13.7. The fraction of sp³-hybridized carbons (Fsp3) is 0.357. The maximum atomic E-state index is 13.5. The van der Waals surface area contributed by atoms with Crippen molar-refractivity contribution in [1.29, 1.82) is 0 Å². The van der Waals surface area contributed by atoms with Gasteiger partial charge in [0, 0.05) is 29.2 Å². The molecule has 0 aliphatic carbocycles. The lowest BCUT2D eigenvalue weighted by Crippen LogP contribution is -2.44. The van der Waals surface area contributed by atoms with Crippen molar-refractivity contribution >= 4 is 27.9 Å². The summed E-state index contributed by atoms with van der Waals surface area (Å²) in [5.74, 6) is -0.563. The number of hydrazine groups is 1. The van der Waals surface area contributed by atoms with E-state index in [0.717, 1.165) is 30.4 Å².